The van der Waals surface area contributed by atoms with E-state index >= 15 is 0 Å². The third-order valence-electron chi connectivity index (χ3n) is 5.67. The first-order valence-electron chi connectivity index (χ1n) is 9.92. The molecule has 1 saturated heterocycles. The van der Waals surface area contributed by atoms with Crippen LogP contribution in [0.2, 0.25) is 5.02 Å². The molecule has 0 bridgehead atoms. The first-order valence-corrected chi connectivity index (χ1v) is 10.3. The van der Waals surface area contributed by atoms with Gasteiger partial charge in [0.2, 0.25) is 0 Å². The van der Waals surface area contributed by atoms with Crippen LogP contribution >= 0.6 is 11.6 Å². The largest absolute Gasteiger partial charge is 0.480 e. The molecule has 26 heavy (non-hydrogen) atoms. The van der Waals surface area contributed by atoms with E-state index in [9.17, 15) is 9.90 Å². The number of hydrogen-bond acceptors (Lipinski definition) is 3. The fourth-order valence-electron chi connectivity index (χ4n) is 3.75. The van der Waals surface area contributed by atoms with Crippen molar-refractivity contribution in [1.29, 1.82) is 0 Å². The van der Waals surface area contributed by atoms with Crippen molar-refractivity contribution in [2.45, 2.75) is 63.8 Å². The fraction of sp³-hybridized carbons (Fsp3) is 0.667. The molecule has 1 heterocycles. The van der Waals surface area contributed by atoms with Gasteiger partial charge < -0.3 is 15.7 Å². The summed E-state index contributed by atoms with van der Waals surface area (Å²) < 4.78 is 0. The topological polar surface area (TPSA) is 66.6 Å². The molecular formula is C21H33ClN2O2. The van der Waals surface area contributed by atoms with E-state index in [-0.39, 0.29) is 0 Å². The molecule has 0 spiro atoms. The van der Waals surface area contributed by atoms with Crippen LogP contribution in [0.3, 0.4) is 0 Å². The van der Waals surface area contributed by atoms with E-state index in [1.54, 1.807) is 0 Å². The maximum absolute atomic E-state index is 11.6. The molecule has 5 heteroatoms. The summed E-state index contributed by atoms with van der Waals surface area (Å²) in [6.07, 6.45) is 7.53. The van der Waals surface area contributed by atoms with E-state index < -0.39 is 11.5 Å². The molecule has 0 aliphatic carbocycles. The number of nitrogens with two attached hydrogens (primary N) is 1. The van der Waals surface area contributed by atoms with Gasteiger partial charge >= 0.3 is 5.97 Å². The summed E-state index contributed by atoms with van der Waals surface area (Å²) >= 11 is 5.95. The summed E-state index contributed by atoms with van der Waals surface area (Å²) in [4.78, 5) is 14.0. The fourth-order valence-corrected chi connectivity index (χ4v) is 3.88. The lowest BCUT2D eigenvalue weighted by molar-refractivity contribution is -0.144. The van der Waals surface area contributed by atoms with Crippen LogP contribution in [0.5, 0.6) is 0 Å². The Morgan fingerprint density at radius 2 is 1.88 bits per heavy atom. The van der Waals surface area contributed by atoms with Gasteiger partial charge in [0.15, 0.2) is 0 Å². The SMILES string of the molecule is CCCCCC(N)(CCN1CCC(Cc2ccc(Cl)cc2)CC1)C(=O)O. The Balaban J connectivity index is 1.74. The number of benzene rings is 1. The van der Waals surface area contributed by atoms with Gasteiger partial charge in [-0.05, 0) is 68.8 Å². The molecule has 0 radical (unpaired) electrons. The van der Waals surface area contributed by atoms with E-state index in [4.69, 9.17) is 17.3 Å². The van der Waals surface area contributed by atoms with Gasteiger partial charge in [0.25, 0.3) is 0 Å². The van der Waals surface area contributed by atoms with E-state index in [1.807, 2.05) is 12.1 Å². The number of piperidine rings is 1. The average Bonchev–Trinajstić information content (AvgIpc) is 2.63. The highest BCUT2D eigenvalue weighted by Crippen LogP contribution is 2.24. The number of unbranched alkanes of at least 4 members (excludes halogenated alkanes) is 2. The van der Waals surface area contributed by atoms with Gasteiger partial charge in [0, 0.05) is 11.6 Å². The zero-order chi connectivity index (χ0) is 19.0. The Hall–Kier alpha value is -1.10. The zero-order valence-electron chi connectivity index (χ0n) is 15.9. The summed E-state index contributed by atoms with van der Waals surface area (Å²) in [5.74, 6) is -0.162. The average molecular weight is 381 g/mol. The van der Waals surface area contributed by atoms with Crippen molar-refractivity contribution in [3.63, 3.8) is 0 Å². The van der Waals surface area contributed by atoms with Crippen molar-refractivity contribution in [3.05, 3.63) is 34.9 Å². The molecule has 146 valence electrons. The second-order valence-electron chi connectivity index (χ2n) is 7.78. The Labute approximate surface area is 162 Å². The van der Waals surface area contributed by atoms with E-state index in [0.29, 0.717) is 18.8 Å². The summed E-state index contributed by atoms with van der Waals surface area (Å²) in [5, 5.41) is 10.3. The number of carboxylic acids is 1. The van der Waals surface area contributed by atoms with Crippen molar-refractivity contribution < 1.29 is 9.90 Å². The first-order chi connectivity index (χ1) is 12.4. The van der Waals surface area contributed by atoms with Gasteiger partial charge in [-0.25, -0.2) is 0 Å². The Bertz CT molecular complexity index is 556. The zero-order valence-corrected chi connectivity index (χ0v) is 16.7. The van der Waals surface area contributed by atoms with Gasteiger partial charge in [-0.15, -0.1) is 0 Å². The lowest BCUT2D eigenvalue weighted by Crippen LogP contribution is -2.50. The van der Waals surface area contributed by atoms with Crippen LogP contribution in [0.4, 0.5) is 0 Å². The van der Waals surface area contributed by atoms with Gasteiger partial charge in [-0.2, -0.15) is 0 Å². The summed E-state index contributed by atoms with van der Waals surface area (Å²) in [5.41, 5.74) is 6.47. The molecule has 1 aromatic rings. The quantitative estimate of drug-likeness (QED) is 0.592. The maximum atomic E-state index is 11.6. The Morgan fingerprint density at radius 3 is 2.46 bits per heavy atom. The van der Waals surface area contributed by atoms with Crippen LogP contribution in [-0.2, 0) is 11.2 Å². The molecule has 0 aromatic heterocycles. The summed E-state index contributed by atoms with van der Waals surface area (Å²) in [6, 6.07) is 8.13. The Morgan fingerprint density at radius 1 is 1.23 bits per heavy atom. The predicted molar refractivity (Wildman–Crippen MR) is 108 cm³/mol. The van der Waals surface area contributed by atoms with Crippen LogP contribution in [0.25, 0.3) is 0 Å². The molecule has 0 amide bonds. The third kappa shape index (κ3) is 6.57. The normalized spacial score (nSPS) is 18.6. The van der Waals surface area contributed by atoms with E-state index in [1.165, 1.54) is 5.56 Å². The molecule has 1 unspecified atom stereocenters. The highest BCUT2D eigenvalue weighted by Gasteiger charge is 2.33. The molecule has 2 rings (SSSR count). The molecule has 1 atom stereocenters. The third-order valence-corrected chi connectivity index (χ3v) is 5.92. The van der Waals surface area contributed by atoms with E-state index in [0.717, 1.165) is 63.2 Å². The van der Waals surface area contributed by atoms with Gasteiger partial charge in [-0.3, -0.25) is 4.79 Å². The molecule has 4 nitrogen and oxygen atoms in total. The summed E-state index contributed by atoms with van der Waals surface area (Å²) in [6.45, 7) is 4.96. The van der Waals surface area contributed by atoms with Crippen molar-refractivity contribution >= 4 is 17.6 Å². The van der Waals surface area contributed by atoms with Crippen LogP contribution in [0, 0.1) is 5.92 Å². The van der Waals surface area contributed by atoms with Crippen LogP contribution in [-0.4, -0.2) is 41.1 Å². The van der Waals surface area contributed by atoms with Crippen molar-refractivity contribution in [2.24, 2.45) is 11.7 Å². The molecule has 1 aromatic carbocycles. The number of hydrogen-bond donors (Lipinski definition) is 2. The molecular weight excluding hydrogens is 348 g/mol. The number of carbonyl (C=O) groups is 1. The molecule has 0 saturated carbocycles. The number of aliphatic carboxylic acids is 1. The number of rotatable bonds is 10. The second-order valence-corrected chi connectivity index (χ2v) is 8.22. The molecule has 1 aliphatic rings. The minimum absolute atomic E-state index is 0.536. The van der Waals surface area contributed by atoms with E-state index in [2.05, 4.69) is 24.0 Å². The Kier molecular flexibility index (Phi) is 8.39. The summed E-state index contributed by atoms with van der Waals surface area (Å²) in [7, 11) is 0. The lowest BCUT2D eigenvalue weighted by atomic mass is 9.88. The lowest BCUT2D eigenvalue weighted by Gasteiger charge is -2.34. The predicted octanol–water partition coefficient (Wildman–Crippen LogP) is 4.35. The van der Waals surface area contributed by atoms with Gasteiger partial charge in [0.05, 0.1) is 0 Å². The maximum Gasteiger partial charge on any atom is 0.323 e. The van der Waals surface area contributed by atoms with Gasteiger partial charge in [0.1, 0.15) is 5.54 Å². The van der Waals surface area contributed by atoms with Crippen molar-refractivity contribution in [2.75, 3.05) is 19.6 Å². The number of nitrogens with zero attached hydrogens (tertiary/aromatic N) is 1. The molecule has 1 fully saturated rings. The van der Waals surface area contributed by atoms with Gasteiger partial charge in [-0.1, -0.05) is 49.9 Å². The van der Waals surface area contributed by atoms with Crippen LogP contribution < -0.4 is 5.73 Å². The van der Waals surface area contributed by atoms with Crippen LogP contribution in [0.1, 0.15) is 57.4 Å². The highest BCUT2D eigenvalue weighted by atomic mass is 35.5. The van der Waals surface area contributed by atoms with Crippen LogP contribution in [0.15, 0.2) is 24.3 Å². The number of likely N-dealkylation sites (tertiary alicyclic amines) is 1. The van der Waals surface area contributed by atoms with Crippen molar-refractivity contribution in [3.8, 4) is 0 Å². The monoisotopic (exact) mass is 380 g/mol. The smallest absolute Gasteiger partial charge is 0.323 e. The second kappa shape index (κ2) is 10.3. The standard InChI is InChI=1S/C21H33ClN2O2/c1-2-3-4-11-21(23,20(25)26)12-15-24-13-9-18(10-14-24)16-17-5-7-19(22)8-6-17/h5-8,18H,2-4,9-16,23H2,1H3,(H,25,26). The minimum Gasteiger partial charge on any atom is -0.480 e. The first kappa shape index (κ1) is 21.2. The number of carboxylic acid groups (broad SMARTS) is 1. The molecule has 1 aliphatic heterocycles. The number of halogens is 1. The minimum atomic E-state index is -1.07. The van der Waals surface area contributed by atoms with Crippen molar-refractivity contribution in [1.82, 2.24) is 4.90 Å². The highest BCUT2D eigenvalue weighted by molar-refractivity contribution is 6.30. The molecule has 3 N–H and O–H groups in total.